The lowest BCUT2D eigenvalue weighted by molar-refractivity contribution is -0.152. The molecule has 0 saturated carbocycles. The van der Waals surface area contributed by atoms with Crippen LogP contribution in [0.2, 0.25) is 0 Å². The van der Waals surface area contributed by atoms with Crippen LogP contribution in [0, 0.1) is 0 Å². The molecule has 0 fully saturated rings. The molecular weight excluding hydrogens is 520 g/mol. The minimum absolute atomic E-state index is 0.177. The number of rotatable bonds is 3. The Kier molecular flexibility index (Phi) is 15.1. The van der Waals surface area contributed by atoms with Gasteiger partial charge >= 0.3 is 11.9 Å². The summed E-state index contributed by atoms with van der Waals surface area (Å²) in [7, 11) is 0. The number of aliphatic hydroxyl groups is 6. The molecule has 10 nitrogen and oxygen atoms in total. The lowest BCUT2D eigenvalue weighted by Crippen LogP contribution is -2.46. The fourth-order valence-corrected chi connectivity index (χ4v) is 3.86. The van der Waals surface area contributed by atoms with Crippen LogP contribution in [0.1, 0.15) is 45.4 Å². The molecule has 2 aliphatic heterocycles. The smallest absolute Gasteiger partial charge is 0.331 e. The predicted molar refractivity (Wildman–Crippen MR) is 149 cm³/mol. The maximum Gasteiger partial charge on any atom is 0.331 e. The molecule has 7 atom stereocenters. The van der Waals surface area contributed by atoms with Crippen LogP contribution in [0.25, 0.3) is 0 Å². The Balaban J connectivity index is 2.16. The first-order valence-electron chi connectivity index (χ1n) is 13.5. The maximum atomic E-state index is 12.1. The highest BCUT2D eigenvalue weighted by atomic mass is 16.7. The van der Waals surface area contributed by atoms with E-state index in [0.29, 0.717) is 12.8 Å². The largest absolute Gasteiger partial charge is 0.504 e. The molecule has 2 aliphatic rings. The summed E-state index contributed by atoms with van der Waals surface area (Å²) in [5.41, 5.74) is 0. The molecule has 0 aliphatic carbocycles. The van der Waals surface area contributed by atoms with Crippen LogP contribution in [-0.2, 0) is 19.0 Å². The highest BCUT2D eigenvalue weighted by Crippen LogP contribution is 2.26. The minimum atomic E-state index is -1.69. The second kappa shape index (κ2) is 18.2. The van der Waals surface area contributed by atoms with Gasteiger partial charge in [-0.25, -0.2) is 4.79 Å². The van der Waals surface area contributed by atoms with Gasteiger partial charge < -0.3 is 44.8 Å². The normalized spacial score (nSPS) is 35.9. The van der Waals surface area contributed by atoms with Crippen molar-refractivity contribution in [2.75, 3.05) is 6.61 Å². The fourth-order valence-electron chi connectivity index (χ4n) is 3.86. The Morgan fingerprint density at radius 2 is 1.62 bits per heavy atom. The van der Waals surface area contributed by atoms with Crippen molar-refractivity contribution in [2.45, 2.75) is 88.2 Å². The van der Waals surface area contributed by atoms with Crippen LogP contribution in [0.5, 0.6) is 0 Å². The van der Waals surface area contributed by atoms with E-state index >= 15 is 0 Å². The van der Waals surface area contributed by atoms with E-state index in [1.54, 1.807) is 48.6 Å². The number of carbonyl (C=O) groups is 1. The highest BCUT2D eigenvalue weighted by molar-refractivity contribution is 5.82. The molecule has 40 heavy (non-hydrogen) atoms. The van der Waals surface area contributed by atoms with Crippen molar-refractivity contribution in [3.8, 4) is 0 Å². The standard InChI is InChI=1S/C30H42O10/c1-21-13-7-3-2-4-8-14-22(32)19-23(33)15-9-5-10-16-24(17-11-6-12-18-26(34)38-21)39-30-29(37)28(36)27(35)25(20-31)40-30/h2,4-6,8-12,14,16,18,21-25,27-28,31-33,35-37H,3,7,13,15,17,19-20H2,1H3/b4-2+,9-5+,11-6+,14-8+,16-10+,18-12?/t21-,22+,23+,24-,25?,27-,28?/m1/s1. The molecule has 2 unspecified atom stereocenters. The summed E-state index contributed by atoms with van der Waals surface area (Å²) in [6.45, 7) is 1.22. The van der Waals surface area contributed by atoms with E-state index in [2.05, 4.69) is 0 Å². The summed E-state index contributed by atoms with van der Waals surface area (Å²) in [5.74, 6) is -1.58. The van der Waals surface area contributed by atoms with Gasteiger partial charge in [0.05, 0.1) is 24.9 Å². The first-order chi connectivity index (χ1) is 19.2. The third-order valence-electron chi connectivity index (χ3n) is 6.11. The van der Waals surface area contributed by atoms with Crippen LogP contribution >= 0.6 is 0 Å². The van der Waals surface area contributed by atoms with E-state index in [-0.39, 0.29) is 18.9 Å². The second-order valence-electron chi connectivity index (χ2n) is 9.62. The summed E-state index contributed by atoms with van der Waals surface area (Å²) in [6, 6.07) is 0. The van der Waals surface area contributed by atoms with E-state index in [1.807, 2.05) is 19.1 Å². The summed E-state index contributed by atoms with van der Waals surface area (Å²) in [4.78, 5) is 12.1. The van der Waals surface area contributed by atoms with Crippen molar-refractivity contribution in [1.29, 1.82) is 0 Å². The molecular formula is C30H42O10. The number of hydrogen-bond acceptors (Lipinski definition) is 10. The van der Waals surface area contributed by atoms with E-state index in [1.165, 1.54) is 12.2 Å². The molecule has 0 aromatic rings. The number of cyclic esters (lactones) is 1. The van der Waals surface area contributed by atoms with Gasteiger partial charge in [-0.3, -0.25) is 0 Å². The zero-order valence-corrected chi connectivity index (χ0v) is 22.7. The molecule has 222 valence electrons. The van der Waals surface area contributed by atoms with Crippen LogP contribution < -0.4 is 0 Å². The minimum Gasteiger partial charge on any atom is -0.504 e. The number of aliphatic hydroxyl groups excluding tert-OH is 6. The fraction of sp³-hybridized carbons (Fsp3) is 0.500. The Morgan fingerprint density at radius 1 is 0.925 bits per heavy atom. The Hall–Kier alpha value is -3.15. The highest BCUT2D eigenvalue weighted by Gasteiger charge is 2.39. The number of esters is 1. The summed E-state index contributed by atoms with van der Waals surface area (Å²) in [5, 5.41) is 59.9. The van der Waals surface area contributed by atoms with E-state index < -0.39 is 60.9 Å². The average molecular weight is 563 g/mol. The Labute approximate surface area is 235 Å². The molecule has 2 rings (SSSR count). The molecule has 0 aromatic carbocycles. The molecule has 2 heterocycles. The monoisotopic (exact) mass is 562 g/mol. The molecule has 0 saturated heterocycles. The van der Waals surface area contributed by atoms with E-state index in [4.69, 9.17) is 14.2 Å². The van der Waals surface area contributed by atoms with Crippen molar-refractivity contribution in [2.24, 2.45) is 0 Å². The number of hydrogen-bond donors (Lipinski definition) is 6. The van der Waals surface area contributed by atoms with E-state index in [0.717, 1.165) is 12.8 Å². The van der Waals surface area contributed by atoms with Gasteiger partial charge in [0.2, 0.25) is 5.76 Å². The number of ether oxygens (including phenoxy) is 3. The topological polar surface area (TPSA) is 166 Å². The molecule has 0 spiro atoms. The lowest BCUT2D eigenvalue weighted by Gasteiger charge is -2.32. The van der Waals surface area contributed by atoms with Gasteiger partial charge in [0, 0.05) is 18.9 Å². The van der Waals surface area contributed by atoms with Gasteiger partial charge in [-0.2, -0.15) is 0 Å². The van der Waals surface area contributed by atoms with Gasteiger partial charge in [-0.1, -0.05) is 60.8 Å². The van der Waals surface area contributed by atoms with Crippen molar-refractivity contribution in [3.05, 3.63) is 84.6 Å². The van der Waals surface area contributed by atoms with E-state index in [9.17, 15) is 35.4 Å². The van der Waals surface area contributed by atoms with Gasteiger partial charge in [-0.05, 0) is 38.7 Å². The van der Waals surface area contributed by atoms with Crippen molar-refractivity contribution in [3.63, 3.8) is 0 Å². The van der Waals surface area contributed by atoms with Gasteiger partial charge in [-0.15, -0.1) is 0 Å². The van der Waals surface area contributed by atoms with Crippen molar-refractivity contribution >= 4 is 5.97 Å². The quantitative estimate of drug-likeness (QED) is 0.282. The average Bonchev–Trinajstić information content (AvgIpc) is 2.91. The van der Waals surface area contributed by atoms with Crippen LogP contribution in [0.15, 0.2) is 84.6 Å². The van der Waals surface area contributed by atoms with Crippen LogP contribution in [-0.4, -0.2) is 85.9 Å². The molecule has 0 bridgehead atoms. The zero-order chi connectivity index (χ0) is 29.3. The van der Waals surface area contributed by atoms with Gasteiger partial charge in [0.1, 0.15) is 18.3 Å². The molecule has 10 heteroatoms. The van der Waals surface area contributed by atoms with Crippen LogP contribution in [0.4, 0.5) is 0 Å². The third-order valence-corrected chi connectivity index (χ3v) is 6.11. The molecule has 6 N–H and O–H groups in total. The number of carbonyl (C=O) groups excluding carboxylic acids is 1. The van der Waals surface area contributed by atoms with Crippen LogP contribution in [0.3, 0.4) is 0 Å². The Morgan fingerprint density at radius 3 is 2.40 bits per heavy atom. The van der Waals surface area contributed by atoms with Gasteiger partial charge in [0.25, 0.3) is 0 Å². The SMILES string of the molecule is C[C@@H]1CCC/C=C/C=C/[C@H](O)C[C@@H](O)C/C=C/C=C/[C@@H](OC2=C(O)C(O)[C@H](O)C(CO)O2)C/C=C/C=CC(=O)O1. The number of allylic oxidation sites excluding steroid dienone is 7. The summed E-state index contributed by atoms with van der Waals surface area (Å²) in [6.07, 6.45) is 16.3. The molecule has 0 aromatic heterocycles. The second-order valence-corrected chi connectivity index (χ2v) is 9.62. The zero-order valence-electron chi connectivity index (χ0n) is 22.7. The first-order valence-corrected chi connectivity index (χ1v) is 13.5. The summed E-state index contributed by atoms with van der Waals surface area (Å²) < 4.78 is 16.4. The Bertz CT molecular complexity index is 977. The predicted octanol–water partition coefficient (Wildman–Crippen LogP) is 2.56. The third kappa shape index (κ3) is 12.4. The maximum absolute atomic E-state index is 12.1. The summed E-state index contributed by atoms with van der Waals surface area (Å²) >= 11 is 0. The van der Waals surface area contributed by atoms with Gasteiger partial charge in [0.15, 0.2) is 6.10 Å². The lowest BCUT2D eigenvalue weighted by atomic mass is 10.0. The molecule has 0 amide bonds. The first kappa shape index (κ1) is 33.1. The molecule has 0 radical (unpaired) electrons. The van der Waals surface area contributed by atoms with Crippen molar-refractivity contribution < 1.29 is 49.6 Å². The van der Waals surface area contributed by atoms with Crippen molar-refractivity contribution in [1.82, 2.24) is 0 Å².